The average molecular weight is 257 g/mol. The molecular weight excluding hydrogens is 230 g/mol. The number of aliphatic carboxylic acids is 1. The van der Waals surface area contributed by atoms with Crippen molar-refractivity contribution in [3.8, 4) is 0 Å². The van der Waals surface area contributed by atoms with Gasteiger partial charge in [-0.25, -0.2) is 0 Å². The van der Waals surface area contributed by atoms with E-state index in [0.717, 1.165) is 19.4 Å². The predicted octanol–water partition coefficient (Wildman–Crippen LogP) is 2.23. The lowest BCUT2D eigenvalue weighted by atomic mass is 9.97. The van der Waals surface area contributed by atoms with Crippen LogP contribution in [0.1, 0.15) is 40.5 Å². The molecule has 1 fully saturated rings. The molecule has 1 saturated heterocycles. The number of carbonyl (C=O) groups is 1. The van der Waals surface area contributed by atoms with Gasteiger partial charge in [0.25, 0.3) is 0 Å². The molecule has 1 rings (SSSR count). The molecule has 3 atom stereocenters. The van der Waals surface area contributed by atoms with Gasteiger partial charge in [0.2, 0.25) is 0 Å². The summed E-state index contributed by atoms with van der Waals surface area (Å²) in [5.41, 5.74) is 0. The van der Waals surface area contributed by atoms with E-state index in [1.165, 1.54) is 0 Å². The Balaban J connectivity index is 2.73. The van der Waals surface area contributed by atoms with Gasteiger partial charge >= 0.3 is 5.97 Å². The summed E-state index contributed by atoms with van der Waals surface area (Å²) in [5, 5.41) is 9.26. The molecule has 4 nitrogen and oxygen atoms in total. The molecule has 0 aromatic carbocycles. The standard InChI is InChI=1S/C14H27NO3/c1-5-6-15(11(4)7-10(2)3)13-9-18-8-12(13)14(16)17/h10-13H,5-9H2,1-4H3,(H,16,17). The van der Waals surface area contributed by atoms with Crippen molar-refractivity contribution >= 4 is 5.97 Å². The van der Waals surface area contributed by atoms with Crippen LogP contribution in [0.3, 0.4) is 0 Å². The van der Waals surface area contributed by atoms with Crippen molar-refractivity contribution in [3.63, 3.8) is 0 Å². The normalized spacial score (nSPS) is 25.9. The average Bonchev–Trinajstić information content (AvgIpc) is 2.73. The number of ether oxygens (including phenoxy) is 1. The third-order valence-electron chi connectivity index (χ3n) is 3.65. The first-order chi connectivity index (χ1) is 8.47. The zero-order valence-electron chi connectivity index (χ0n) is 12.1. The van der Waals surface area contributed by atoms with Gasteiger partial charge < -0.3 is 9.84 Å². The molecular formula is C14H27NO3. The van der Waals surface area contributed by atoms with Gasteiger partial charge in [0.1, 0.15) is 0 Å². The molecule has 0 bridgehead atoms. The molecule has 0 saturated carbocycles. The van der Waals surface area contributed by atoms with Crippen LogP contribution in [0.15, 0.2) is 0 Å². The highest BCUT2D eigenvalue weighted by Gasteiger charge is 2.39. The Morgan fingerprint density at radius 1 is 1.39 bits per heavy atom. The fraction of sp³-hybridized carbons (Fsp3) is 0.929. The van der Waals surface area contributed by atoms with E-state index in [1.54, 1.807) is 0 Å². The van der Waals surface area contributed by atoms with Crippen LogP contribution in [0, 0.1) is 11.8 Å². The number of hydrogen-bond donors (Lipinski definition) is 1. The number of carboxylic acids is 1. The van der Waals surface area contributed by atoms with Gasteiger partial charge in [-0.1, -0.05) is 20.8 Å². The highest BCUT2D eigenvalue weighted by Crippen LogP contribution is 2.24. The molecule has 3 unspecified atom stereocenters. The Labute approximate surface area is 110 Å². The molecule has 0 aromatic heterocycles. The molecule has 106 valence electrons. The van der Waals surface area contributed by atoms with Crippen LogP contribution >= 0.6 is 0 Å². The third kappa shape index (κ3) is 3.95. The lowest BCUT2D eigenvalue weighted by Crippen LogP contribution is -2.48. The second kappa shape index (κ2) is 7.10. The fourth-order valence-electron chi connectivity index (χ4n) is 2.89. The smallest absolute Gasteiger partial charge is 0.310 e. The van der Waals surface area contributed by atoms with Gasteiger partial charge in [0, 0.05) is 12.1 Å². The summed E-state index contributed by atoms with van der Waals surface area (Å²) in [5.74, 6) is -0.466. The quantitative estimate of drug-likeness (QED) is 0.760. The first-order valence-corrected chi connectivity index (χ1v) is 7.03. The van der Waals surface area contributed by atoms with Crippen LogP contribution in [0.25, 0.3) is 0 Å². The molecule has 0 radical (unpaired) electrons. The van der Waals surface area contributed by atoms with Crippen molar-refractivity contribution in [2.45, 2.75) is 52.6 Å². The Morgan fingerprint density at radius 2 is 2.06 bits per heavy atom. The van der Waals surface area contributed by atoms with Crippen molar-refractivity contribution < 1.29 is 14.6 Å². The van der Waals surface area contributed by atoms with E-state index < -0.39 is 5.97 Å². The van der Waals surface area contributed by atoms with Crippen molar-refractivity contribution in [1.82, 2.24) is 4.90 Å². The first-order valence-electron chi connectivity index (χ1n) is 7.03. The molecule has 1 N–H and O–H groups in total. The van der Waals surface area contributed by atoms with Crippen molar-refractivity contribution in [3.05, 3.63) is 0 Å². The largest absolute Gasteiger partial charge is 0.481 e. The van der Waals surface area contributed by atoms with Crippen LogP contribution in [-0.4, -0.2) is 47.8 Å². The van der Waals surface area contributed by atoms with Crippen molar-refractivity contribution in [2.24, 2.45) is 11.8 Å². The van der Waals surface area contributed by atoms with Crippen molar-refractivity contribution in [1.29, 1.82) is 0 Å². The van der Waals surface area contributed by atoms with Crippen LogP contribution in [0.4, 0.5) is 0 Å². The Hall–Kier alpha value is -0.610. The van der Waals surface area contributed by atoms with E-state index in [9.17, 15) is 9.90 Å². The third-order valence-corrected chi connectivity index (χ3v) is 3.65. The Morgan fingerprint density at radius 3 is 2.56 bits per heavy atom. The highest BCUT2D eigenvalue weighted by molar-refractivity contribution is 5.71. The minimum Gasteiger partial charge on any atom is -0.481 e. The van der Waals surface area contributed by atoms with Gasteiger partial charge in [-0.15, -0.1) is 0 Å². The summed E-state index contributed by atoms with van der Waals surface area (Å²) < 4.78 is 5.39. The lowest BCUT2D eigenvalue weighted by Gasteiger charge is -2.36. The van der Waals surface area contributed by atoms with E-state index in [-0.39, 0.29) is 12.0 Å². The van der Waals surface area contributed by atoms with Crippen LogP contribution in [0.2, 0.25) is 0 Å². The molecule has 1 aliphatic heterocycles. The zero-order chi connectivity index (χ0) is 13.7. The fourth-order valence-corrected chi connectivity index (χ4v) is 2.89. The molecule has 0 amide bonds. The summed E-state index contributed by atoms with van der Waals surface area (Å²) in [6, 6.07) is 0.453. The topological polar surface area (TPSA) is 49.8 Å². The van der Waals surface area contributed by atoms with Crippen LogP contribution in [-0.2, 0) is 9.53 Å². The first kappa shape index (κ1) is 15.4. The molecule has 18 heavy (non-hydrogen) atoms. The van der Waals surface area contributed by atoms with Gasteiger partial charge in [-0.2, -0.15) is 0 Å². The van der Waals surface area contributed by atoms with Crippen molar-refractivity contribution in [2.75, 3.05) is 19.8 Å². The molecule has 0 spiro atoms. The second-order valence-corrected chi connectivity index (χ2v) is 5.77. The maximum atomic E-state index is 11.3. The number of hydrogen-bond acceptors (Lipinski definition) is 3. The summed E-state index contributed by atoms with van der Waals surface area (Å²) >= 11 is 0. The maximum absolute atomic E-state index is 11.3. The lowest BCUT2D eigenvalue weighted by molar-refractivity contribution is -0.143. The zero-order valence-corrected chi connectivity index (χ0v) is 12.1. The molecule has 0 aromatic rings. The molecule has 1 aliphatic rings. The summed E-state index contributed by atoms with van der Waals surface area (Å²) in [6.07, 6.45) is 2.15. The Bertz CT molecular complexity index is 268. The molecule has 1 heterocycles. The van der Waals surface area contributed by atoms with Gasteiger partial charge in [-0.05, 0) is 32.2 Å². The Kier molecular flexibility index (Phi) is 6.09. The van der Waals surface area contributed by atoms with E-state index in [0.29, 0.717) is 25.2 Å². The summed E-state index contributed by atoms with van der Waals surface area (Å²) in [6.45, 7) is 10.6. The monoisotopic (exact) mass is 257 g/mol. The van der Waals surface area contributed by atoms with E-state index in [4.69, 9.17) is 4.74 Å². The number of carboxylic acid groups (broad SMARTS) is 1. The summed E-state index contributed by atoms with van der Waals surface area (Å²) in [4.78, 5) is 13.6. The minimum absolute atomic E-state index is 0.0381. The maximum Gasteiger partial charge on any atom is 0.310 e. The van der Waals surface area contributed by atoms with E-state index >= 15 is 0 Å². The van der Waals surface area contributed by atoms with Crippen LogP contribution in [0.5, 0.6) is 0 Å². The molecule has 4 heteroatoms. The molecule has 0 aliphatic carbocycles. The number of nitrogens with zero attached hydrogens (tertiary/aromatic N) is 1. The van der Waals surface area contributed by atoms with Gasteiger partial charge in [-0.3, -0.25) is 9.69 Å². The predicted molar refractivity (Wildman–Crippen MR) is 71.6 cm³/mol. The highest BCUT2D eigenvalue weighted by atomic mass is 16.5. The van der Waals surface area contributed by atoms with E-state index in [2.05, 4.69) is 32.6 Å². The number of rotatable bonds is 7. The summed E-state index contributed by atoms with van der Waals surface area (Å²) in [7, 11) is 0. The van der Waals surface area contributed by atoms with E-state index in [1.807, 2.05) is 0 Å². The van der Waals surface area contributed by atoms with Crippen LogP contribution < -0.4 is 0 Å². The SMILES string of the molecule is CCCN(C(C)CC(C)C)C1COCC1C(=O)O. The minimum atomic E-state index is -0.727. The van der Waals surface area contributed by atoms with Gasteiger partial charge in [0.15, 0.2) is 0 Å². The second-order valence-electron chi connectivity index (χ2n) is 5.77. The van der Waals surface area contributed by atoms with Gasteiger partial charge in [0.05, 0.1) is 19.1 Å².